The molecule has 32 heavy (non-hydrogen) atoms. The molecule has 4 rings (SSSR count). The Labute approximate surface area is 183 Å². The van der Waals surface area contributed by atoms with Crippen molar-refractivity contribution in [2.45, 2.75) is 6.92 Å². The molecule has 2 heterocycles. The van der Waals surface area contributed by atoms with Crippen LogP contribution in [0.5, 0.6) is 0 Å². The van der Waals surface area contributed by atoms with Gasteiger partial charge in [0.25, 0.3) is 17.5 Å². The van der Waals surface area contributed by atoms with Crippen molar-refractivity contribution in [1.29, 1.82) is 0 Å². The van der Waals surface area contributed by atoms with Gasteiger partial charge in [-0.1, -0.05) is 0 Å². The normalized spacial score (nSPS) is 16.5. The second kappa shape index (κ2) is 8.60. The number of nitrogens with zero attached hydrogens (tertiary/aromatic N) is 3. The van der Waals surface area contributed by atoms with E-state index in [1.54, 1.807) is 24.3 Å². The van der Waals surface area contributed by atoms with Crippen molar-refractivity contribution < 1.29 is 24.0 Å². The minimum atomic E-state index is -0.522. The molecular formula is C22H20N4O6. The fourth-order valence-corrected chi connectivity index (χ4v) is 3.74. The Kier molecular flexibility index (Phi) is 5.69. The Hall–Kier alpha value is -4.05. The van der Waals surface area contributed by atoms with Gasteiger partial charge in [-0.25, -0.2) is 4.90 Å². The van der Waals surface area contributed by atoms with Gasteiger partial charge in [0.2, 0.25) is 5.91 Å². The Morgan fingerprint density at radius 2 is 1.62 bits per heavy atom. The number of amides is 3. The van der Waals surface area contributed by atoms with E-state index in [2.05, 4.69) is 5.32 Å². The summed E-state index contributed by atoms with van der Waals surface area (Å²) in [6.45, 7) is 3.12. The van der Waals surface area contributed by atoms with Crippen LogP contribution in [0.1, 0.15) is 12.5 Å². The van der Waals surface area contributed by atoms with Crippen LogP contribution < -0.4 is 10.2 Å². The lowest BCUT2D eigenvalue weighted by Gasteiger charge is -2.29. The number of ether oxygens (including phenoxy) is 1. The Bertz CT molecular complexity index is 1120. The zero-order valence-corrected chi connectivity index (χ0v) is 17.2. The summed E-state index contributed by atoms with van der Waals surface area (Å²) in [5.74, 6) is -1.22. The summed E-state index contributed by atoms with van der Waals surface area (Å²) in [5.41, 5.74) is 1.65. The largest absolute Gasteiger partial charge is 0.378 e. The fourth-order valence-electron chi connectivity index (χ4n) is 3.74. The van der Waals surface area contributed by atoms with Crippen molar-refractivity contribution >= 4 is 40.4 Å². The first-order chi connectivity index (χ1) is 15.4. The summed E-state index contributed by atoms with van der Waals surface area (Å²) in [4.78, 5) is 51.5. The van der Waals surface area contributed by atoms with Crippen LogP contribution in [0.25, 0.3) is 5.57 Å². The standard InChI is InChI=1S/C22H20N4O6/c1-14(27)23-16-4-8-17(9-5-16)25-21(28)19(15-2-6-18(7-3-15)26(30)31)20(22(25)29)24-10-12-32-13-11-24/h2-9H,10-13H2,1H3,(H,23,27). The first-order valence-corrected chi connectivity index (χ1v) is 9.95. The molecule has 0 saturated carbocycles. The molecule has 164 valence electrons. The van der Waals surface area contributed by atoms with Crippen LogP contribution >= 0.6 is 0 Å². The van der Waals surface area contributed by atoms with Gasteiger partial charge < -0.3 is 15.0 Å². The maximum Gasteiger partial charge on any atom is 0.282 e. The van der Waals surface area contributed by atoms with E-state index in [9.17, 15) is 24.5 Å². The number of carbonyl (C=O) groups excluding carboxylic acids is 3. The van der Waals surface area contributed by atoms with Crippen LogP contribution in [0.15, 0.2) is 54.2 Å². The molecule has 0 radical (unpaired) electrons. The maximum atomic E-state index is 13.4. The number of rotatable bonds is 5. The van der Waals surface area contributed by atoms with Crippen molar-refractivity contribution in [3.63, 3.8) is 0 Å². The van der Waals surface area contributed by atoms with Gasteiger partial charge in [0.1, 0.15) is 5.70 Å². The topological polar surface area (TPSA) is 122 Å². The van der Waals surface area contributed by atoms with Gasteiger partial charge in [-0.2, -0.15) is 0 Å². The minimum Gasteiger partial charge on any atom is -0.378 e. The second-order valence-electron chi connectivity index (χ2n) is 7.30. The first kappa shape index (κ1) is 21.2. The highest BCUT2D eigenvalue weighted by Crippen LogP contribution is 2.36. The quantitative estimate of drug-likeness (QED) is 0.433. The summed E-state index contributed by atoms with van der Waals surface area (Å²) in [7, 11) is 0. The molecular weight excluding hydrogens is 416 g/mol. The number of hydrogen-bond acceptors (Lipinski definition) is 7. The summed E-state index contributed by atoms with van der Waals surface area (Å²) in [6.07, 6.45) is 0. The van der Waals surface area contributed by atoms with Gasteiger partial charge in [-0.3, -0.25) is 24.5 Å². The number of carbonyl (C=O) groups is 3. The maximum absolute atomic E-state index is 13.4. The zero-order valence-electron chi connectivity index (χ0n) is 17.2. The van der Waals surface area contributed by atoms with Gasteiger partial charge in [0, 0.05) is 37.8 Å². The fraction of sp³-hybridized carbons (Fsp3) is 0.227. The van der Waals surface area contributed by atoms with E-state index < -0.39 is 16.7 Å². The second-order valence-corrected chi connectivity index (χ2v) is 7.30. The van der Waals surface area contributed by atoms with E-state index >= 15 is 0 Å². The Morgan fingerprint density at radius 3 is 2.19 bits per heavy atom. The van der Waals surface area contributed by atoms with Crippen molar-refractivity contribution in [3.8, 4) is 0 Å². The highest BCUT2D eigenvalue weighted by molar-refractivity contribution is 6.45. The van der Waals surface area contributed by atoms with Crippen LogP contribution in [0.3, 0.4) is 0 Å². The van der Waals surface area contributed by atoms with E-state index in [0.717, 1.165) is 4.90 Å². The first-order valence-electron chi connectivity index (χ1n) is 9.95. The smallest absolute Gasteiger partial charge is 0.282 e. The highest BCUT2D eigenvalue weighted by atomic mass is 16.6. The molecule has 2 aliphatic heterocycles. The molecule has 2 aromatic rings. The van der Waals surface area contributed by atoms with Crippen LogP contribution in [0.2, 0.25) is 0 Å². The Balaban J connectivity index is 1.74. The van der Waals surface area contributed by atoms with E-state index in [1.807, 2.05) is 4.90 Å². The number of hydrogen-bond donors (Lipinski definition) is 1. The number of anilines is 2. The minimum absolute atomic E-state index is 0.107. The monoisotopic (exact) mass is 436 g/mol. The summed E-state index contributed by atoms with van der Waals surface area (Å²) >= 11 is 0. The third-order valence-electron chi connectivity index (χ3n) is 5.20. The van der Waals surface area contributed by atoms with E-state index in [4.69, 9.17) is 4.74 Å². The van der Waals surface area contributed by atoms with E-state index in [-0.39, 0.29) is 22.9 Å². The SMILES string of the molecule is CC(=O)Nc1ccc(N2C(=O)C(c3ccc([N+](=O)[O-])cc3)=C(N3CCOCC3)C2=O)cc1. The molecule has 0 aliphatic carbocycles. The summed E-state index contributed by atoms with van der Waals surface area (Å²) in [5, 5.41) is 13.6. The Morgan fingerprint density at radius 1 is 1.00 bits per heavy atom. The lowest BCUT2D eigenvalue weighted by atomic mass is 10.0. The lowest BCUT2D eigenvalue weighted by molar-refractivity contribution is -0.384. The molecule has 10 nitrogen and oxygen atoms in total. The lowest BCUT2D eigenvalue weighted by Crippen LogP contribution is -2.40. The molecule has 2 aromatic carbocycles. The molecule has 1 fully saturated rings. The number of non-ortho nitro benzene ring substituents is 1. The van der Waals surface area contributed by atoms with Crippen LogP contribution in [-0.4, -0.2) is 53.8 Å². The average Bonchev–Trinajstić information content (AvgIpc) is 3.04. The highest BCUT2D eigenvalue weighted by Gasteiger charge is 2.42. The average molecular weight is 436 g/mol. The van der Waals surface area contributed by atoms with Crippen molar-refractivity contribution in [3.05, 3.63) is 69.9 Å². The van der Waals surface area contributed by atoms with E-state index in [1.165, 1.54) is 31.2 Å². The predicted octanol–water partition coefficient (Wildman–Crippen LogP) is 2.17. The van der Waals surface area contributed by atoms with Gasteiger partial charge in [-0.15, -0.1) is 0 Å². The van der Waals surface area contributed by atoms with Gasteiger partial charge in [0.15, 0.2) is 0 Å². The third-order valence-corrected chi connectivity index (χ3v) is 5.20. The molecule has 0 aromatic heterocycles. The van der Waals surface area contributed by atoms with Crippen LogP contribution in [-0.2, 0) is 19.1 Å². The predicted molar refractivity (Wildman–Crippen MR) is 116 cm³/mol. The molecule has 2 aliphatic rings. The molecule has 1 saturated heterocycles. The number of morpholine rings is 1. The number of benzene rings is 2. The molecule has 0 atom stereocenters. The molecule has 1 N–H and O–H groups in total. The van der Waals surface area contributed by atoms with Gasteiger partial charge in [0.05, 0.1) is 29.4 Å². The molecule has 10 heteroatoms. The van der Waals surface area contributed by atoms with Crippen LogP contribution in [0.4, 0.5) is 17.1 Å². The van der Waals surface area contributed by atoms with Crippen molar-refractivity contribution in [1.82, 2.24) is 4.90 Å². The number of nitro benzene ring substituents is 1. The van der Waals surface area contributed by atoms with E-state index in [0.29, 0.717) is 43.2 Å². The number of imide groups is 1. The van der Waals surface area contributed by atoms with Crippen molar-refractivity contribution in [2.24, 2.45) is 0 Å². The van der Waals surface area contributed by atoms with Gasteiger partial charge in [-0.05, 0) is 42.0 Å². The number of nitrogens with one attached hydrogen (secondary N) is 1. The zero-order chi connectivity index (χ0) is 22.8. The molecule has 3 amide bonds. The summed E-state index contributed by atoms with van der Waals surface area (Å²) < 4.78 is 5.38. The molecule has 0 unspecified atom stereocenters. The van der Waals surface area contributed by atoms with Crippen molar-refractivity contribution in [2.75, 3.05) is 36.5 Å². The summed E-state index contributed by atoms with van der Waals surface area (Å²) in [6, 6.07) is 11.9. The number of nitro groups is 1. The molecule has 0 spiro atoms. The van der Waals surface area contributed by atoms with Crippen LogP contribution in [0, 0.1) is 10.1 Å². The third kappa shape index (κ3) is 3.95. The molecule has 0 bridgehead atoms. The van der Waals surface area contributed by atoms with Gasteiger partial charge >= 0.3 is 0 Å².